The zero-order chi connectivity index (χ0) is 15.3. The molecule has 0 atom stereocenters. The predicted molar refractivity (Wildman–Crippen MR) is 82.4 cm³/mol. The van der Waals surface area contributed by atoms with Gasteiger partial charge in [-0.25, -0.2) is 12.8 Å². The molecule has 1 aromatic rings. The fourth-order valence-corrected chi connectivity index (χ4v) is 3.14. The maximum Gasteiger partial charge on any atom is 0.148 e. The second kappa shape index (κ2) is 7.33. The van der Waals surface area contributed by atoms with Crippen LogP contribution >= 0.6 is 0 Å². The van der Waals surface area contributed by atoms with Crippen molar-refractivity contribution >= 4 is 9.84 Å². The van der Waals surface area contributed by atoms with Crippen molar-refractivity contribution in [1.82, 2.24) is 9.80 Å². The lowest BCUT2D eigenvalue weighted by Gasteiger charge is -2.21. The normalized spacial score (nSPS) is 18.6. The molecule has 0 N–H and O–H groups in total. The highest BCUT2D eigenvalue weighted by Gasteiger charge is 2.16. The molecule has 1 aliphatic rings. The first kappa shape index (κ1) is 16.4. The van der Waals surface area contributed by atoms with Gasteiger partial charge in [-0.1, -0.05) is 12.1 Å². The average molecular weight is 314 g/mol. The number of rotatable bonds is 5. The van der Waals surface area contributed by atoms with E-state index in [4.69, 9.17) is 0 Å². The Bertz CT molecular complexity index is 545. The Morgan fingerprint density at radius 2 is 1.67 bits per heavy atom. The van der Waals surface area contributed by atoms with Gasteiger partial charge in [-0.2, -0.15) is 0 Å². The largest absolute Gasteiger partial charge is 0.301 e. The first-order chi connectivity index (χ1) is 9.92. The summed E-state index contributed by atoms with van der Waals surface area (Å²) < 4.78 is 35.3. The van der Waals surface area contributed by atoms with Crippen LogP contribution in [0.3, 0.4) is 0 Å². The Balaban J connectivity index is 1.81. The van der Waals surface area contributed by atoms with E-state index in [9.17, 15) is 12.8 Å². The summed E-state index contributed by atoms with van der Waals surface area (Å²) in [5.74, 6) is 0.0203. The number of benzene rings is 1. The molecule has 21 heavy (non-hydrogen) atoms. The molecule has 0 unspecified atom stereocenters. The second-order valence-electron chi connectivity index (χ2n) is 5.73. The summed E-state index contributed by atoms with van der Waals surface area (Å²) in [5, 5.41) is 0. The van der Waals surface area contributed by atoms with Crippen LogP contribution in [0.1, 0.15) is 12.0 Å². The van der Waals surface area contributed by atoms with Crippen LogP contribution in [0, 0.1) is 5.82 Å². The lowest BCUT2D eigenvalue weighted by molar-refractivity contribution is 0.258. The standard InChI is InChI=1S/C15H23FN2O2S/c1-21(19,20)12-11-17-7-2-8-18(10-9-17)13-14-3-5-15(16)6-4-14/h3-6H,2,7-13H2,1H3. The topological polar surface area (TPSA) is 40.6 Å². The molecule has 0 aromatic heterocycles. The molecule has 0 spiro atoms. The van der Waals surface area contributed by atoms with Gasteiger partial charge in [0.05, 0.1) is 5.75 Å². The van der Waals surface area contributed by atoms with Gasteiger partial charge in [0, 0.05) is 32.4 Å². The molecule has 0 saturated carbocycles. The Kier molecular flexibility index (Phi) is 5.72. The molecule has 1 fully saturated rings. The third-order valence-corrected chi connectivity index (χ3v) is 4.70. The lowest BCUT2D eigenvalue weighted by Crippen LogP contribution is -2.33. The first-order valence-electron chi connectivity index (χ1n) is 7.29. The van der Waals surface area contributed by atoms with Crippen molar-refractivity contribution < 1.29 is 12.8 Å². The van der Waals surface area contributed by atoms with Crippen molar-refractivity contribution in [3.63, 3.8) is 0 Å². The van der Waals surface area contributed by atoms with Gasteiger partial charge in [-0.15, -0.1) is 0 Å². The van der Waals surface area contributed by atoms with Gasteiger partial charge in [-0.05, 0) is 37.2 Å². The van der Waals surface area contributed by atoms with Gasteiger partial charge in [0.2, 0.25) is 0 Å². The molecule has 1 heterocycles. The van der Waals surface area contributed by atoms with Crippen LogP contribution in [-0.2, 0) is 16.4 Å². The minimum atomic E-state index is -2.89. The summed E-state index contributed by atoms with van der Waals surface area (Å²) >= 11 is 0. The van der Waals surface area contributed by atoms with Crippen molar-refractivity contribution in [3.05, 3.63) is 35.6 Å². The average Bonchev–Trinajstić information content (AvgIpc) is 2.64. The first-order valence-corrected chi connectivity index (χ1v) is 9.35. The van der Waals surface area contributed by atoms with Crippen LogP contribution in [0.5, 0.6) is 0 Å². The van der Waals surface area contributed by atoms with E-state index in [2.05, 4.69) is 9.80 Å². The monoisotopic (exact) mass is 314 g/mol. The van der Waals surface area contributed by atoms with Crippen LogP contribution in [0.4, 0.5) is 4.39 Å². The summed E-state index contributed by atoms with van der Waals surface area (Å²) in [6.07, 6.45) is 2.32. The fourth-order valence-electron chi connectivity index (χ4n) is 2.55. The van der Waals surface area contributed by atoms with Crippen molar-refractivity contribution in [2.45, 2.75) is 13.0 Å². The highest BCUT2D eigenvalue weighted by molar-refractivity contribution is 7.90. The molecule has 0 bridgehead atoms. The molecule has 0 aliphatic carbocycles. The minimum Gasteiger partial charge on any atom is -0.301 e. The van der Waals surface area contributed by atoms with Crippen LogP contribution < -0.4 is 0 Å². The summed E-state index contributed by atoms with van der Waals surface area (Å²) in [4.78, 5) is 4.55. The highest BCUT2D eigenvalue weighted by Crippen LogP contribution is 2.10. The SMILES string of the molecule is CS(=O)(=O)CCN1CCCN(Cc2ccc(F)cc2)CC1. The number of hydrogen-bond acceptors (Lipinski definition) is 4. The summed E-state index contributed by atoms with van der Waals surface area (Å²) in [5.41, 5.74) is 1.11. The summed E-state index contributed by atoms with van der Waals surface area (Å²) in [6, 6.07) is 6.63. The minimum absolute atomic E-state index is 0.207. The zero-order valence-corrected chi connectivity index (χ0v) is 13.3. The molecular formula is C15H23FN2O2S. The zero-order valence-electron chi connectivity index (χ0n) is 12.5. The molecule has 1 saturated heterocycles. The van der Waals surface area contributed by atoms with E-state index in [1.165, 1.54) is 18.4 Å². The van der Waals surface area contributed by atoms with E-state index < -0.39 is 9.84 Å². The molecular weight excluding hydrogens is 291 g/mol. The Morgan fingerprint density at radius 1 is 1.05 bits per heavy atom. The van der Waals surface area contributed by atoms with Gasteiger partial charge >= 0.3 is 0 Å². The summed E-state index contributed by atoms with van der Waals surface area (Å²) in [6.45, 7) is 5.17. The lowest BCUT2D eigenvalue weighted by atomic mass is 10.2. The van der Waals surface area contributed by atoms with E-state index in [0.717, 1.165) is 44.7 Å². The van der Waals surface area contributed by atoms with E-state index in [1.807, 2.05) is 12.1 Å². The van der Waals surface area contributed by atoms with Crippen LogP contribution in [0.2, 0.25) is 0 Å². The Hall–Kier alpha value is -0.980. The third-order valence-electron chi connectivity index (χ3n) is 3.78. The predicted octanol–water partition coefficient (Wildman–Crippen LogP) is 1.38. The smallest absolute Gasteiger partial charge is 0.148 e. The maximum atomic E-state index is 12.9. The fraction of sp³-hybridized carbons (Fsp3) is 0.600. The Morgan fingerprint density at radius 3 is 2.33 bits per heavy atom. The number of sulfone groups is 1. The molecule has 4 nitrogen and oxygen atoms in total. The molecule has 1 aromatic carbocycles. The van der Waals surface area contributed by atoms with E-state index >= 15 is 0 Å². The van der Waals surface area contributed by atoms with Crippen LogP contribution in [0.25, 0.3) is 0 Å². The third kappa shape index (κ3) is 6.11. The quantitative estimate of drug-likeness (QED) is 0.823. The van der Waals surface area contributed by atoms with Crippen LogP contribution in [-0.4, -0.2) is 63.0 Å². The van der Waals surface area contributed by atoms with Gasteiger partial charge < -0.3 is 4.90 Å². The molecule has 6 heteroatoms. The molecule has 2 rings (SSSR count). The van der Waals surface area contributed by atoms with E-state index in [1.54, 1.807) is 0 Å². The van der Waals surface area contributed by atoms with Crippen molar-refractivity contribution in [2.75, 3.05) is 44.7 Å². The second-order valence-corrected chi connectivity index (χ2v) is 7.99. The van der Waals surface area contributed by atoms with Crippen molar-refractivity contribution in [2.24, 2.45) is 0 Å². The molecule has 0 amide bonds. The summed E-state index contributed by atoms with van der Waals surface area (Å²) in [7, 11) is -2.89. The number of nitrogens with zero attached hydrogens (tertiary/aromatic N) is 2. The van der Waals surface area contributed by atoms with E-state index in [-0.39, 0.29) is 11.6 Å². The number of hydrogen-bond donors (Lipinski definition) is 0. The van der Waals surface area contributed by atoms with Crippen molar-refractivity contribution in [3.8, 4) is 0 Å². The molecule has 118 valence electrons. The molecule has 1 aliphatic heterocycles. The van der Waals surface area contributed by atoms with E-state index in [0.29, 0.717) is 6.54 Å². The van der Waals surface area contributed by atoms with Gasteiger partial charge in [0.1, 0.15) is 15.7 Å². The molecule has 0 radical (unpaired) electrons. The Labute approximate surface area is 126 Å². The highest BCUT2D eigenvalue weighted by atomic mass is 32.2. The van der Waals surface area contributed by atoms with Crippen LogP contribution in [0.15, 0.2) is 24.3 Å². The number of halogens is 1. The van der Waals surface area contributed by atoms with Gasteiger partial charge in [-0.3, -0.25) is 4.90 Å². The van der Waals surface area contributed by atoms with Crippen molar-refractivity contribution in [1.29, 1.82) is 0 Å². The maximum absolute atomic E-state index is 12.9. The van der Waals surface area contributed by atoms with Gasteiger partial charge in [0.15, 0.2) is 0 Å². The van der Waals surface area contributed by atoms with Gasteiger partial charge in [0.25, 0.3) is 0 Å².